The highest BCUT2D eigenvalue weighted by molar-refractivity contribution is 6.68. The molecule has 0 bridgehead atoms. The molecule has 1 aliphatic heterocycles. The molecule has 1 aliphatic carbocycles. The van der Waals surface area contributed by atoms with E-state index in [1.165, 1.54) is 0 Å². The molecule has 1 aromatic carbocycles. The SMILES string of the molecule is NC1CCN(CCC2CCc3c(C(=O)Cl)cccc3C2=O)CC1. The number of carbonyl (C=O) groups excluding carboxylic acids is 2. The Bertz CT molecular complexity index is 609. The van der Waals surface area contributed by atoms with Crippen LogP contribution in [0.25, 0.3) is 0 Å². The molecular weight excluding hydrogens is 312 g/mol. The van der Waals surface area contributed by atoms with Crippen molar-refractivity contribution in [1.29, 1.82) is 0 Å². The van der Waals surface area contributed by atoms with Crippen LogP contribution >= 0.6 is 11.6 Å². The van der Waals surface area contributed by atoms with Gasteiger partial charge in [0.25, 0.3) is 5.24 Å². The third-order valence-corrected chi connectivity index (χ3v) is 5.40. The molecule has 0 radical (unpaired) electrons. The topological polar surface area (TPSA) is 63.4 Å². The number of nitrogens with two attached hydrogens (primary N) is 1. The molecule has 2 aliphatic rings. The van der Waals surface area contributed by atoms with Crippen LogP contribution in [-0.4, -0.2) is 41.6 Å². The Labute approximate surface area is 142 Å². The Morgan fingerprint density at radius 1 is 1.26 bits per heavy atom. The van der Waals surface area contributed by atoms with E-state index in [2.05, 4.69) is 4.90 Å². The molecular formula is C18H23ClN2O2. The van der Waals surface area contributed by atoms with Crippen molar-refractivity contribution in [3.05, 3.63) is 34.9 Å². The minimum atomic E-state index is -0.474. The monoisotopic (exact) mass is 334 g/mol. The van der Waals surface area contributed by atoms with Crippen LogP contribution in [0.1, 0.15) is 52.0 Å². The number of hydrogen-bond acceptors (Lipinski definition) is 4. The quantitative estimate of drug-likeness (QED) is 0.860. The van der Waals surface area contributed by atoms with Gasteiger partial charge in [-0.3, -0.25) is 9.59 Å². The first-order valence-corrected chi connectivity index (χ1v) is 8.78. The standard InChI is InChI=1S/C18H23ClN2O2/c19-18(23)16-3-1-2-15-14(16)5-4-12(17(15)22)6-9-21-10-7-13(20)8-11-21/h1-3,12-13H,4-11,20H2. The largest absolute Gasteiger partial charge is 0.328 e. The summed E-state index contributed by atoms with van der Waals surface area (Å²) >= 11 is 5.63. The number of rotatable bonds is 4. The van der Waals surface area contributed by atoms with Crippen LogP contribution in [0, 0.1) is 5.92 Å². The normalized spacial score (nSPS) is 22.9. The summed E-state index contributed by atoms with van der Waals surface area (Å²) in [4.78, 5) is 26.6. The summed E-state index contributed by atoms with van der Waals surface area (Å²) in [5.74, 6) is 0.221. The van der Waals surface area contributed by atoms with E-state index in [0.29, 0.717) is 17.2 Å². The van der Waals surface area contributed by atoms with Crippen LogP contribution in [-0.2, 0) is 6.42 Å². The maximum Gasteiger partial charge on any atom is 0.252 e. The molecule has 1 atom stereocenters. The summed E-state index contributed by atoms with van der Waals surface area (Å²) in [5, 5.41) is -0.474. The summed E-state index contributed by atoms with van der Waals surface area (Å²) in [5.41, 5.74) is 7.94. The van der Waals surface area contributed by atoms with Crippen LogP contribution in [0.15, 0.2) is 18.2 Å². The predicted molar refractivity (Wildman–Crippen MR) is 91.0 cm³/mol. The molecule has 0 spiro atoms. The van der Waals surface area contributed by atoms with Crippen molar-refractivity contribution in [2.45, 2.75) is 38.1 Å². The van der Waals surface area contributed by atoms with Gasteiger partial charge in [0, 0.05) is 23.1 Å². The molecule has 0 amide bonds. The average Bonchev–Trinajstić information content (AvgIpc) is 2.55. The van der Waals surface area contributed by atoms with Crippen LogP contribution in [0.2, 0.25) is 0 Å². The van der Waals surface area contributed by atoms with Gasteiger partial charge in [-0.2, -0.15) is 0 Å². The lowest BCUT2D eigenvalue weighted by molar-refractivity contribution is 0.0877. The number of piperidine rings is 1. The summed E-state index contributed by atoms with van der Waals surface area (Å²) < 4.78 is 0. The third-order valence-electron chi connectivity index (χ3n) is 5.19. The smallest absolute Gasteiger partial charge is 0.252 e. The van der Waals surface area contributed by atoms with Crippen molar-refractivity contribution < 1.29 is 9.59 Å². The number of nitrogens with zero attached hydrogens (tertiary/aromatic N) is 1. The second-order valence-electron chi connectivity index (χ2n) is 6.67. The van der Waals surface area contributed by atoms with Crippen LogP contribution in [0.3, 0.4) is 0 Å². The molecule has 2 N–H and O–H groups in total. The Hall–Kier alpha value is -1.23. The zero-order chi connectivity index (χ0) is 16.4. The van der Waals surface area contributed by atoms with E-state index in [1.54, 1.807) is 12.1 Å². The Morgan fingerprint density at radius 2 is 2.00 bits per heavy atom. The van der Waals surface area contributed by atoms with Gasteiger partial charge in [0.2, 0.25) is 0 Å². The average molecular weight is 335 g/mol. The Morgan fingerprint density at radius 3 is 2.70 bits per heavy atom. The van der Waals surface area contributed by atoms with E-state index < -0.39 is 5.24 Å². The molecule has 0 saturated carbocycles. The highest BCUT2D eigenvalue weighted by atomic mass is 35.5. The maximum atomic E-state index is 12.7. The number of ketones is 1. The first-order chi connectivity index (χ1) is 11.1. The number of halogens is 1. The summed E-state index contributed by atoms with van der Waals surface area (Å²) in [6.07, 6.45) is 4.53. The van der Waals surface area contributed by atoms with Crippen LogP contribution in [0.5, 0.6) is 0 Å². The molecule has 3 rings (SSSR count). The van der Waals surface area contributed by atoms with Crippen LogP contribution < -0.4 is 5.73 Å². The van der Waals surface area contributed by atoms with Crippen molar-refractivity contribution in [2.24, 2.45) is 11.7 Å². The molecule has 1 aromatic rings. The van der Waals surface area contributed by atoms with Crippen molar-refractivity contribution in [3.8, 4) is 0 Å². The van der Waals surface area contributed by atoms with E-state index in [9.17, 15) is 9.59 Å². The summed E-state index contributed by atoms with van der Waals surface area (Å²) in [7, 11) is 0. The highest BCUT2D eigenvalue weighted by Crippen LogP contribution is 2.30. The van der Waals surface area contributed by atoms with Crippen LogP contribution in [0.4, 0.5) is 0 Å². The Balaban J connectivity index is 1.65. The molecule has 1 fully saturated rings. The molecule has 1 saturated heterocycles. The maximum absolute atomic E-state index is 12.7. The molecule has 0 aromatic heterocycles. The van der Waals surface area contributed by atoms with Gasteiger partial charge in [0.1, 0.15) is 0 Å². The van der Waals surface area contributed by atoms with E-state index in [0.717, 1.165) is 57.3 Å². The summed E-state index contributed by atoms with van der Waals surface area (Å²) in [6, 6.07) is 5.62. The summed E-state index contributed by atoms with van der Waals surface area (Å²) in [6.45, 7) is 3.01. The number of benzene rings is 1. The van der Waals surface area contributed by atoms with E-state index in [1.807, 2.05) is 6.07 Å². The fraction of sp³-hybridized carbons (Fsp3) is 0.556. The van der Waals surface area contributed by atoms with Gasteiger partial charge in [-0.05, 0) is 75.0 Å². The minimum Gasteiger partial charge on any atom is -0.328 e. The van der Waals surface area contributed by atoms with Crippen molar-refractivity contribution >= 4 is 22.6 Å². The predicted octanol–water partition coefficient (Wildman–Crippen LogP) is 2.62. The second kappa shape index (κ2) is 7.12. The number of fused-ring (bicyclic) bond motifs is 1. The van der Waals surface area contributed by atoms with Gasteiger partial charge in [-0.25, -0.2) is 0 Å². The van der Waals surface area contributed by atoms with Crippen molar-refractivity contribution in [2.75, 3.05) is 19.6 Å². The fourth-order valence-electron chi connectivity index (χ4n) is 3.73. The molecule has 1 unspecified atom stereocenters. The lowest BCUT2D eigenvalue weighted by atomic mass is 9.79. The van der Waals surface area contributed by atoms with Gasteiger partial charge in [-0.15, -0.1) is 0 Å². The first-order valence-electron chi connectivity index (χ1n) is 8.40. The lowest BCUT2D eigenvalue weighted by Crippen LogP contribution is -2.41. The number of carbonyl (C=O) groups is 2. The zero-order valence-corrected chi connectivity index (χ0v) is 14.0. The van der Waals surface area contributed by atoms with Crippen molar-refractivity contribution in [3.63, 3.8) is 0 Å². The second-order valence-corrected chi connectivity index (χ2v) is 7.02. The van der Waals surface area contributed by atoms with Gasteiger partial charge >= 0.3 is 0 Å². The highest BCUT2D eigenvalue weighted by Gasteiger charge is 2.30. The molecule has 124 valence electrons. The molecule has 4 nitrogen and oxygen atoms in total. The van der Waals surface area contributed by atoms with Gasteiger partial charge in [0.05, 0.1) is 0 Å². The van der Waals surface area contributed by atoms with Gasteiger partial charge in [0.15, 0.2) is 5.78 Å². The fourth-order valence-corrected chi connectivity index (χ4v) is 3.91. The van der Waals surface area contributed by atoms with Crippen molar-refractivity contribution in [1.82, 2.24) is 4.90 Å². The third kappa shape index (κ3) is 3.65. The lowest BCUT2D eigenvalue weighted by Gasteiger charge is -2.32. The van der Waals surface area contributed by atoms with E-state index in [-0.39, 0.29) is 11.7 Å². The number of Topliss-reactive ketones (excluding diaryl/α,β-unsaturated/α-hetero) is 1. The Kier molecular flexibility index (Phi) is 5.14. The molecule has 5 heteroatoms. The van der Waals surface area contributed by atoms with E-state index in [4.69, 9.17) is 17.3 Å². The van der Waals surface area contributed by atoms with Gasteiger partial charge in [-0.1, -0.05) is 12.1 Å². The zero-order valence-electron chi connectivity index (χ0n) is 13.3. The number of likely N-dealkylation sites (tertiary alicyclic amines) is 1. The van der Waals surface area contributed by atoms with E-state index >= 15 is 0 Å². The van der Waals surface area contributed by atoms with Gasteiger partial charge < -0.3 is 10.6 Å². The molecule has 23 heavy (non-hydrogen) atoms. The molecule has 1 heterocycles. The minimum absolute atomic E-state index is 0.0544. The first kappa shape index (κ1) is 16.6. The number of hydrogen-bond donors (Lipinski definition) is 1.